The third kappa shape index (κ3) is 3.57. The Hall–Kier alpha value is -0.940. The first-order valence-electron chi connectivity index (χ1n) is 5.34. The van der Waals surface area contributed by atoms with Crippen molar-refractivity contribution >= 4 is 17.2 Å². The largest absolute Gasteiger partial charge is 0.345 e. The second kappa shape index (κ2) is 5.41. The topological polar surface area (TPSA) is 54.0 Å². The van der Waals surface area contributed by atoms with E-state index in [-0.39, 0.29) is 11.4 Å². The highest BCUT2D eigenvalue weighted by molar-refractivity contribution is 7.11. The van der Waals surface area contributed by atoms with E-state index in [0.29, 0.717) is 13.0 Å². The van der Waals surface area contributed by atoms with Gasteiger partial charge in [-0.3, -0.25) is 4.79 Å². The molecule has 90 valence electrons. The summed E-state index contributed by atoms with van der Waals surface area (Å²) in [4.78, 5) is 17.1. The summed E-state index contributed by atoms with van der Waals surface area (Å²) in [6.45, 7) is 6.66. The fourth-order valence-electron chi connectivity index (χ4n) is 1.35. The highest BCUT2D eigenvalue weighted by Crippen LogP contribution is 2.24. The Balaban J connectivity index is 2.61. The van der Waals surface area contributed by atoms with Crippen LogP contribution in [0.4, 0.5) is 0 Å². The standard InChI is InChI=1S/C11H19N3OS/c1-8-7-13-10(16-8)11(2,3)14-9(15)5-6-12-4/h7,12H,5-6H2,1-4H3,(H,14,15). The van der Waals surface area contributed by atoms with Crippen molar-refractivity contribution in [3.63, 3.8) is 0 Å². The molecule has 16 heavy (non-hydrogen) atoms. The van der Waals surface area contributed by atoms with Crippen molar-refractivity contribution in [3.05, 3.63) is 16.1 Å². The lowest BCUT2D eigenvalue weighted by atomic mass is 10.1. The van der Waals surface area contributed by atoms with Crippen LogP contribution in [0.3, 0.4) is 0 Å². The molecule has 0 atom stereocenters. The molecule has 1 heterocycles. The lowest BCUT2D eigenvalue weighted by Crippen LogP contribution is -2.41. The highest BCUT2D eigenvalue weighted by atomic mass is 32.1. The predicted molar refractivity (Wildman–Crippen MR) is 66.6 cm³/mol. The number of rotatable bonds is 5. The molecule has 1 rings (SSSR count). The van der Waals surface area contributed by atoms with E-state index in [2.05, 4.69) is 15.6 Å². The van der Waals surface area contributed by atoms with Crippen molar-refractivity contribution in [2.75, 3.05) is 13.6 Å². The normalized spacial score (nSPS) is 11.5. The maximum Gasteiger partial charge on any atom is 0.222 e. The second-order valence-corrected chi connectivity index (χ2v) is 5.54. The molecule has 0 spiro atoms. The van der Waals surface area contributed by atoms with Gasteiger partial charge in [0.25, 0.3) is 0 Å². The summed E-state index contributed by atoms with van der Waals surface area (Å²) < 4.78 is 0. The molecule has 0 unspecified atom stereocenters. The Morgan fingerprint density at radius 2 is 2.25 bits per heavy atom. The fraction of sp³-hybridized carbons (Fsp3) is 0.636. The number of carbonyl (C=O) groups excluding carboxylic acids is 1. The van der Waals surface area contributed by atoms with Crippen molar-refractivity contribution in [2.45, 2.75) is 32.7 Å². The number of aryl methyl sites for hydroxylation is 1. The van der Waals surface area contributed by atoms with Gasteiger partial charge in [-0.05, 0) is 27.8 Å². The Bertz CT molecular complexity index is 360. The number of hydrogen-bond acceptors (Lipinski definition) is 4. The van der Waals surface area contributed by atoms with Gasteiger partial charge in [0.2, 0.25) is 5.91 Å². The lowest BCUT2D eigenvalue weighted by Gasteiger charge is -2.23. The first-order chi connectivity index (χ1) is 7.45. The molecule has 5 heteroatoms. The fourth-order valence-corrected chi connectivity index (χ4v) is 2.17. The minimum atomic E-state index is -0.385. The van der Waals surface area contributed by atoms with Gasteiger partial charge in [-0.25, -0.2) is 4.98 Å². The summed E-state index contributed by atoms with van der Waals surface area (Å²) in [6.07, 6.45) is 2.33. The van der Waals surface area contributed by atoms with Crippen LogP contribution >= 0.6 is 11.3 Å². The van der Waals surface area contributed by atoms with Gasteiger partial charge in [-0.2, -0.15) is 0 Å². The van der Waals surface area contributed by atoms with Crippen molar-refractivity contribution in [1.29, 1.82) is 0 Å². The van der Waals surface area contributed by atoms with Crippen LogP contribution in [-0.2, 0) is 10.3 Å². The van der Waals surface area contributed by atoms with Gasteiger partial charge in [-0.15, -0.1) is 11.3 Å². The van der Waals surface area contributed by atoms with E-state index in [1.54, 1.807) is 11.3 Å². The van der Waals surface area contributed by atoms with Gasteiger partial charge in [0.05, 0.1) is 5.54 Å². The van der Waals surface area contributed by atoms with Gasteiger partial charge in [0.15, 0.2) is 0 Å². The molecule has 1 aromatic rings. The quantitative estimate of drug-likeness (QED) is 0.819. The zero-order chi connectivity index (χ0) is 12.2. The van der Waals surface area contributed by atoms with Crippen molar-refractivity contribution in [3.8, 4) is 0 Å². The molecule has 0 saturated carbocycles. The first-order valence-corrected chi connectivity index (χ1v) is 6.16. The van der Waals surface area contributed by atoms with Gasteiger partial charge in [0, 0.05) is 24.0 Å². The summed E-state index contributed by atoms with van der Waals surface area (Å²) in [5.74, 6) is 0.0483. The zero-order valence-corrected chi connectivity index (χ0v) is 11.1. The molecule has 0 fully saturated rings. The van der Waals surface area contributed by atoms with E-state index in [0.717, 1.165) is 9.88 Å². The van der Waals surface area contributed by atoms with Crippen LogP contribution in [0.15, 0.2) is 6.20 Å². The Kier molecular flexibility index (Phi) is 4.44. The van der Waals surface area contributed by atoms with Crippen LogP contribution < -0.4 is 10.6 Å². The number of thiazole rings is 1. The average Bonchev–Trinajstić information content (AvgIpc) is 2.62. The van der Waals surface area contributed by atoms with Gasteiger partial charge in [0.1, 0.15) is 5.01 Å². The zero-order valence-electron chi connectivity index (χ0n) is 10.3. The molecule has 0 bridgehead atoms. The highest BCUT2D eigenvalue weighted by Gasteiger charge is 2.25. The maximum atomic E-state index is 11.6. The molecule has 1 amide bonds. The van der Waals surface area contributed by atoms with Crippen LogP contribution in [-0.4, -0.2) is 24.5 Å². The minimum Gasteiger partial charge on any atom is -0.345 e. The number of nitrogens with zero attached hydrogens (tertiary/aromatic N) is 1. The number of carbonyl (C=O) groups is 1. The summed E-state index contributed by atoms with van der Waals surface area (Å²) in [5.41, 5.74) is -0.385. The summed E-state index contributed by atoms with van der Waals surface area (Å²) in [5, 5.41) is 6.89. The Morgan fingerprint density at radius 3 is 2.75 bits per heavy atom. The van der Waals surface area contributed by atoms with Gasteiger partial charge in [-0.1, -0.05) is 0 Å². The third-order valence-electron chi connectivity index (χ3n) is 2.21. The van der Waals surface area contributed by atoms with E-state index in [4.69, 9.17) is 0 Å². The molecule has 0 radical (unpaired) electrons. The molecule has 0 aliphatic rings. The smallest absolute Gasteiger partial charge is 0.222 e. The Morgan fingerprint density at radius 1 is 1.56 bits per heavy atom. The monoisotopic (exact) mass is 241 g/mol. The number of amides is 1. The van der Waals surface area contributed by atoms with Crippen LogP contribution in [0.25, 0.3) is 0 Å². The van der Waals surface area contributed by atoms with Crippen LogP contribution in [0.1, 0.15) is 30.2 Å². The number of hydrogen-bond donors (Lipinski definition) is 2. The molecule has 0 aliphatic heterocycles. The van der Waals surface area contributed by atoms with E-state index in [1.807, 2.05) is 34.0 Å². The van der Waals surface area contributed by atoms with Crippen LogP contribution in [0.2, 0.25) is 0 Å². The first kappa shape index (κ1) is 13.1. The van der Waals surface area contributed by atoms with E-state index in [1.165, 1.54) is 0 Å². The lowest BCUT2D eigenvalue weighted by molar-refractivity contribution is -0.122. The van der Waals surface area contributed by atoms with Crippen molar-refractivity contribution in [1.82, 2.24) is 15.6 Å². The molecule has 2 N–H and O–H groups in total. The third-order valence-corrected chi connectivity index (χ3v) is 3.45. The van der Waals surface area contributed by atoms with E-state index < -0.39 is 0 Å². The molecular formula is C11H19N3OS. The van der Waals surface area contributed by atoms with Gasteiger partial charge >= 0.3 is 0 Å². The molecule has 0 aromatic carbocycles. The van der Waals surface area contributed by atoms with E-state index >= 15 is 0 Å². The number of nitrogens with one attached hydrogen (secondary N) is 2. The molecule has 1 aromatic heterocycles. The molecule has 4 nitrogen and oxygen atoms in total. The molecule has 0 aliphatic carbocycles. The second-order valence-electron chi connectivity index (χ2n) is 4.30. The summed E-state index contributed by atoms with van der Waals surface area (Å²) in [7, 11) is 1.84. The van der Waals surface area contributed by atoms with Crippen LogP contribution in [0, 0.1) is 6.92 Å². The number of aromatic nitrogens is 1. The molecule has 0 saturated heterocycles. The average molecular weight is 241 g/mol. The van der Waals surface area contributed by atoms with Crippen LogP contribution in [0.5, 0.6) is 0 Å². The van der Waals surface area contributed by atoms with Crippen molar-refractivity contribution in [2.24, 2.45) is 0 Å². The summed E-state index contributed by atoms with van der Waals surface area (Å²) in [6, 6.07) is 0. The summed E-state index contributed by atoms with van der Waals surface area (Å²) >= 11 is 1.62. The minimum absolute atomic E-state index is 0.0483. The molecular weight excluding hydrogens is 222 g/mol. The van der Waals surface area contributed by atoms with E-state index in [9.17, 15) is 4.79 Å². The van der Waals surface area contributed by atoms with Crippen molar-refractivity contribution < 1.29 is 4.79 Å². The van der Waals surface area contributed by atoms with Gasteiger partial charge < -0.3 is 10.6 Å². The SMILES string of the molecule is CNCCC(=O)NC(C)(C)c1ncc(C)s1. The predicted octanol–water partition coefficient (Wildman–Crippen LogP) is 1.41. The maximum absolute atomic E-state index is 11.6. The Labute approximate surface area is 100 Å².